The van der Waals surface area contributed by atoms with Crippen molar-refractivity contribution in [3.63, 3.8) is 0 Å². The highest BCUT2D eigenvalue weighted by atomic mass is 32.2. The molecule has 1 aromatic heterocycles. The average molecular weight is 340 g/mol. The summed E-state index contributed by atoms with van der Waals surface area (Å²) < 4.78 is 0. The fourth-order valence-corrected chi connectivity index (χ4v) is 3.05. The Hall–Kier alpha value is -2.67. The first-order chi connectivity index (χ1) is 11.6. The van der Waals surface area contributed by atoms with E-state index in [0.717, 1.165) is 17.8 Å². The average Bonchev–Trinajstić information content (AvgIpc) is 3.03. The molecular weight excluding hydrogens is 324 g/mol. The summed E-state index contributed by atoms with van der Waals surface area (Å²) in [7, 11) is 0. The third-order valence-corrected chi connectivity index (χ3v) is 4.56. The van der Waals surface area contributed by atoms with Gasteiger partial charge in [0.15, 0.2) is 0 Å². The van der Waals surface area contributed by atoms with Crippen LogP contribution >= 0.6 is 11.8 Å². The molecule has 0 bridgehead atoms. The molecule has 0 aliphatic carbocycles. The van der Waals surface area contributed by atoms with E-state index in [4.69, 9.17) is 0 Å². The summed E-state index contributed by atoms with van der Waals surface area (Å²) in [5, 5.41) is 18.5. The Morgan fingerprint density at radius 2 is 1.92 bits per heavy atom. The SMILES string of the molecule is Cc1ccccc1Cc1nc(SCc2ccc([N+](=O)[O-])cc2)n[nH]1. The van der Waals surface area contributed by atoms with Crippen molar-refractivity contribution >= 4 is 17.4 Å². The van der Waals surface area contributed by atoms with E-state index in [0.29, 0.717) is 10.9 Å². The summed E-state index contributed by atoms with van der Waals surface area (Å²) in [6, 6.07) is 14.7. The van der Waals surface area contributed by atoms with Crippen LogP contribution in [0, 0.1) is 17.0 Å². The summed E-state index contributed by atoms with van der Waals surface area (Å²) in [5.41, 5.74) is 3.55. The highest BCUT2D eigenvalue weighted by Gasteiger charge is 2.08. The lowest BCUT2D eigenvalue weighted by molar-refractivity contribution is -0.384. The summed E-state index contributed by atoms with van der Waals surface area (Å²) >= 11 is 1.50. The minimum atomic E-state index is -0.399. The van der Waals surface area contributed by atoms with E-state index in [1.807, 2.05) is 12.1 Å². The topological polar surface area (TPSA) is 84.7 Å². The second-order valence-corrected chi connectivity index (χ2v) is 6.32. The van der Waals surface area contributed by atoms with E-state index in [2.05, 4.69) is 34.2 Å². The Morgan fingerprint density at radius 3 is 2.62 bits per heavy atom. The normalized spacial score (nSPS) is 10.7. The maximum absolute atomic E-state index is 10.6. The number of aryl methyl sites for hydroxylation is 1. The predicted molar refractivity (Wildman–Crippen MR) is 93.0 cm³/mol. The molecule has 1 N–H and O–H groups in total. The lowest BCUT2D eigenvalue weighted by Crippen LogP contribution is -1.93. The molecule has 0 saturated heterocycles. The zero-order valence-electron chi connectivity index (χ0n) is 13.1. The van der Waals surface area contributed by atoms with Crippen LogP contribution in [-0.2, 0) is 12.2 Å². The van der Waals surface area contributed by atoms with E-state index >= 15 is 0 Å². The van der Waals surface area contributed by atoms with Crippen LogP contribution in [0.3, 0.4) is 0 Å². The third kappa shape index (κ3) is 3.99. The van der Waals surface area contributed by atoms with Crippen LogP contribution in [0.15, 0.2) is 53.7 Å². The number of hydrogen-bond donors (Lipinski definition) is 1. The second kappa shape index (κ2) is 7.27. The smallest absolute Gasteiger partial charge is 0.262 e. The van der Waals surface area contributed by atoms with E-state index < -0.39 is 4.92 Å². The second-order valence-electron chi connectivity index (χ2n) is 5.38. The summed E-state index contributed by atoms with van der Waals surface area (Å²) in [5.74, 6) is 1.50. The van der Waals surface area contributed by atoms with Crippen molar-refractivity contribution in [3.05, 3.63) is 81.2 Å². The monoisotopic (exact) mass is 340 g/mol. The standard InChI is InChI=1S/C17H16N4O2S/c1-12-4-2-3-5-14(12)10-16-18-17(20-19-16)24-11-13-6-8-15(9-7-13)21(22)23/h2-9H,10-11H2,1H3,(H,18,19,20). The Kier molecular flexibility index (Phi) is 4.90. The third-order valence-electron chi connectivity index (χ3n) is 3.65. The van der Waals surface area contributed by atoms with Gasteiger partial charge in [0, 0.05) is 24.3 Å². The Balaban J connectivity index is 1.60. The number of nitrogens with zero attached hydrogens (tertiary/aromatic N) is 3. The number of thioether (sulfide) groups is 1. The molecule has 0 aliphatic rings. The van der Waals surface area contributed by atoms with Gasteiger partial charge >= 0.3 is 0 Å². The molecule has 0 saturated carbocycles. The van der Waals surface area contributed by atoms with Gasteiger partial charge in [-0.2, -0.15) is 0 Å². The zero-order chi connectivity index (χ0) is 16.9. The molecule has 6 nitrogen and oxygen atoms in total. The van der Waals surface area contributed by atoms with Crippen molar-refractivity contribution in [2.24, 2.45) is 0 Å². The van der Waals surface area contributed by atoms with Crippen LogP contribution < -0.4 is 0 Å². The minimum absolute atomic E-state index is 0.0992. The van der Waals surface area contributed by atoms with Gasteiger partial charge in [0.2, 0.25) is 5.16 Å². The van der Waals surface area contributed by atoms with Gasteiger partial charge in [0.05, 0.1) is 4.92 Å². The van der Waals surface area contributed by atoms with Gasteiger partial charge in [0.25, 0.3) is 5.69 Å². The highest BCUT2D eigenvalue weighted by molar-refractivity contribution is 7.98. The minimum Gasteiger partial charge on any atom is -0.262 e. The Morgan fingerprint density at radius 1 is 1.17 bits per heavy atom. The lowest BCUT2D eigenvalue weighted by atomic mass is 10.1. The van der Waals surface area contributed by atoms with Gasteiger partial charge in [-0.25, -0.2) is 4.98 Å². The van der Waals surface area contributed by atoms with E-state index in [1.165, 1.54) is 35.0 Å². The molecule has 0 aliphatic heterocycles. The summed E-state index contributed by atoms with van der Waals surface area (Å²) in [4.78, 5) is 14.7. The predicted octanol–water partition coefficient (Wildman–Crippen LogP) is 3.90. The van der Waals surface area contributed by atoms with E-state index in [1.54, 1.807) is 12.1 Å². The Labute approximate surface area is 143 Å². The van der Waals surface area contributed by atoms with Gasteiger partial charge in [-0.1, -0.05) is 48.2 Å². The molecule has 0 atom stereocenters. The van der Waals surface area contributed by atoms with Gasteiger partial charge in [-0.3, -0.25) is 15.2 Å². The number of benzene rings is 2. The number of nitro groups is 1. The van der Waals surface area contributed by atoms with Crippen molar-refractivity contribution in [1.82, 2.24) is 15.2 Å². The van der Waals surface area contributed by atoms with Crippen LogP contribution in [0.25, 0.3) is 0 Å². The molecule has 0 fully saturated rings. The van der Waals surface area contributed by atoms with Crippen molar-refractivity contribution in [1.29, 1.82) is 0 Å². The molecule has 1 heterocycles. The molecule has 0 amide bonds. The quantitative estimate of drug-likeness (QED) is 0.418. The number of aromatic nitrogens is 3. The Bertz CT molecular complexity index is 846. The van der Waals surface area contributed by atoms with Gasteiger partial charge in [0.1, 0.15) is 5.82 Å². The molecule has 0 unspecified atom stereocenters. The van der Waals surface area contributed by atoms with Crippen molar-refractivity contribution in [2.75, 3.05) is 0 Å². The van der Waals surface area contributed by atoms with Crippen LogP contribution in [0.1, 0.15) is 22.5 Å². The number of rotatable bonds is 6. The van der Waals surface area contributed by atoms with E-state index in [-0.39, 0.29) is 5.69 Å². The van der Waals surface area contributed by atoms with Gasteiger partial charge in [-0.05, 0) is 23.6 Å². The maximum Gasteiger partial charge on any atom is 0.269 e. The molecule has 0 radical (unpaired) electrons. The number of aromatic amines is 1. The number of H-pyrrole nitrogens is 1. The number of nitro benzene ring substituents is 1. The van der Waals surface area contributed by atoms with Gasteiger partial charge < -0.3 is 0 Å². The van der Waals surface area contributed by atoms with E-state index in [9.17, 15) is 10.1 Å². The number of nitrogens with one attached hydrogen (secondary N) is 1. The molecule has 2 aromatic carbocycles. The fraction of sp³-hybridized carbons (Fsp3) is 0.176. The van der Waals surface area contributed by atoms with Crippen LogP contribution in [0.2, 0.25) is 0 Å². The van der Waals surface area contributed by atoms with Crippen molar-refractivity contribution in [2.45, 2.75) is 24.3 Å². The molecule has 24 heavy (non-hydrogen) atoms. The van der Waals surface area contributed by atoms with Gasteiger partial charge in [-0.15, -0.1) is 5.10 Å². The molecule has 7 heteroatoms. The molecule has 3 aromatic rings. The first-order valence-corrected chi connectivity index (χ1v) is 8.42. The zero-order valence-corrected chi connectivity index (χ0v) is 13.9. The van der Waals surface area contributed by atoms with Crippen LogP contribution in [0.4, 0.5) is 5.69 Å². The number of non-ortho nitro benzene ring substituents is 1. The van der Waals surface area contributed by atoms with Crippen LogP contribution in [-0.4, -0.2) is 20.1 Å². The first kappa shape index (κ1) is 16.2. The summed E-state index contributed by atoms with van der Waals surface area (Å²) in [6.07, 6.45) is 0.720. The maximum atomic E-state index is 10.6. The van der Waals surface area contributed by atoms with Crippen molar-refractivity contribution in [3.8, 4) is 0 Å². The summed E-state index contributed by atoms with van der Waals surface area (Å²) in [6.45, 7) is 2.08. The van der Waals surface area contributed by atoms with Crippen LogP contribution in [0.5, 0.6) is 0 Å². The highest BCUT2D eigenvalue weighted by Crippen LogP contribution is 2.21. The first-order valence-electron chi connectivity index (χ1n) is 7.44. The molecule has 122 valence electrons. The molecule has 0 spiro atoms. The largest absolute Gasteiger partial charge is 0.269 e. The molecule has 3 rings (SSSR count). The lowest BCUT2D eigenvalue weighted by Gasteiger charge is -2.01. The fourth-order valence-electron chi connectivity index (χ4n) is 2.27. The molecular formula is C17H16N4O2S. The van der Waals surface area contributed by atoms with Crippen molar-refractivity contribution < 1.29 is 4.92 Å². The number of hydrogen-bond acceptors (Lipinski definition) is 5.